The smallest absolute Gasteiger partial charge is 0.227 e. The molecular formula is C11H15N3OS. The van der Waals surface area contributed by atoms with Gasteiger partial charge in [0, 0.05) is 30.9 Å². The molecule has 1 aromatic rings. The van der Waals surface area contributed by atoms with Crippen LogP contribution in [-0.4, -0.2) is 35.4 Å². The summed E-state index contributed by atoms with van der Waals surface area (Å²) in [5.74, 6) is 1.05. The zero-order chi connectivity index (χ0) is 11.1. The largest absolute Gasteiger partial charge is 0.336 e. The van der Waals surface area contributed by atoms with Gasteiger partial charge in [-0.2, -0.15) is 0 Å². The quantitative estimate of drug-likeness (QED) is 0.820. The highest BCUT2D eigenvalue weighted by Crippen LogP contribution is 2.28. The molecule has 0 spiro atoms. The molecule has 0 bridgehead atoms. The normalized spacial score (nSPS) is 28.8. The fourth-order valence-corrected chi connectivity index (χ4v) is 3.24. The Kier molecular flexibility index (Phi) is 2.44. The highest BCUT2D eigenvalue weighted by Gasteiger charge is 2.42. The van der Waals surface area contributed by atoms with Gasteiger partial charge in [-0.15, -0.1) is 11.3 Å². The Balaban J connectivity index is 1.71. The molecule has 16 heavy (non-hydrogen) atoms. The van der Waals surface area contributed by atoms with Gasteiger partial charge in [0.05, 0.1) is 23.2 Å². The summed E-state index contributed by atoms with van der Waals surface area (Å²) in [5.41, 5.74) is 1.03. The number of rotatable bonds is 2. The molecule has 0 aliphatic carbocycles. The third-order valence-electron chi connectivity index (χ3n) is 3.44. The highest BCUT2D eigenvalue weighted by molar-refractivity contribution is 7.09. The first-order valence-corrected chi connectivity index (χ1v) is 6.52. The molecule has 2 aliphatic rings. The van der Waals surface area contributed by atoms with Crippen molar-refractivity contribution in [2.75, 3.05) is 19.6 Å². The first kappa shape index (κ1) is 10.2. The highest BCUT2D eigenvalue weighted by atomic mass is 32.1. The number of hydrogen-bond donors (Lipinski definition) is 1. The predicted octanol–water partition coefficient (Wildman–Crippen LogP) is 0.629. The summed E-state index contributed by atoms with van der Waals surface area (Å²) < 4.78 is 0. The van der Waals surface area contributed by atoms with Gasteiger partial charge in [-0.3, -0.25) is 4.79 Å². The minimum atomic E-state index is 0.222. The lowest BCUT2D eigenvalue weighted by molar-refractivity contribution is -0.131. The van der Waals surface area contributed by atoms with Gasteiger partial charge >= 0.3 is 0 Å². The summed E-state index contributed by atoms with van der Waals surface area (Å²) in [6.45, 7) is 5.43. The summed E-state index contributed by atoms with van der Waals surface area (Å²) >= 11 is 1.65. The van der Waals surface area contributed by atoms with E-state index >= 15 is 0 Å². The molecule has 4 nitrogen and oxygen atoms in total. The number of fused-ring (bicyclic) bond motifs is 1. The Labute approximate surface area is 98.7 Å². The minimum absolute atomic E-state index is 0.222. The van der Waals surface area contributed by atoms with E-state index in [-0.39, 0.29) is 5.92 Å². The molecule has 2 aliphatic heterocycles. The monoisotopic (exact) mass is 237 g/mol. The van der Waals surface area contributed by atoms with Crippen LogP contribution in [0.3, 0.4) is 0 Å². The van der Waals surface area contributed by atoms with Gasteiger partial charge < -0.3 is 10.2 Å². The SMILES string of the molecule is Cc1nc(CN2CC3CNCC3C2=O)cs1. The van der Waals surface area contributed by atoms with Crippen molar-refractivity contribution in [1.82, 2.24) is 15.2 Å². The second-order valence-electron chi connectivity index (χ2n) is 4.60. The van der Waals surface area contributed by atoms with Crippen molar-refractivity contribution in [2.24, 2.45) is 11.8 Å². The van der Waals surface area contributed by atoms with E-state index in [0.717, 1.165) is 30.3 Å². The number of nitrogens with zero attached hydrogens (tertiary/aromatic N) is 2. The summed E-state index contributed by atoms with van der Waals surface area (Å²) in [5, 5.41) is 6.41. The maximum absolute atomic E-state index is 12.1. The van der Waals surface area contributed by atoms with Crippen molar-refractivity contribution in [3.63, 3.8) is 0 Å². The third-order valence-corrected chi connectivity index (χ3v) is 4.27. The van der Waals surface area contributed by atoms with E-state index in [1.54, 1.807) is 11.3 Å². The number of nitrogens with one attached hydrogen (secondary N) is 1. The van der Waals surface area contributed by atoms with E-state index in [0.29, 0.717) is 18.4 Å². The Bertz CT molecular complexity index is 417. The molecule has 3 rings (SSSR count). The Morgan fingerprint density at radius 3 is 3.19 bits per heavy atom. The molecule has 5 heteroatoms. The fourth-order valence-electron chi connectivity index (χ4n) is 2.64. The van der Waals surface area contributed by atoms with Crippen LogP contribution in [0.25, 0.3) is 0 Å². The standard InChI is InChI=1S/C11H15N3OS/c1-7-13-9(6-16-7)5-14-4-8-2-12-3-10(8)11(14)15/h6,8,10,12H,2-5H2,1H3. The van der Waals surface area contributed by atoms with E-state index in [1.165, 1.54) is 0 Å². The van der Waals surface area contributed by atoms with Gasteiger partial charge in [0.1, 0.15) is 0 Å². The predicted molar refractivity (Wildman–Crippen MR) is 62.1 cm³/mol. The lowest BCUT2D eigenvalue weighted by Gasteiger charge is -2.16. The Hall–Kier alpha value is -0.940. The molecule has 1 aromatic heterocycles. The van der Waals surface area contributed by atoms with E-state index in [2.05, 4.69) is 15.7 Å². The average molecular weight is 237 g/mol. The van der Waals surface area contributed by atoms with Crippen LogP contribution < -0.4 is 5.32 Å². The van der Waals surface area contributed by atoms with Gasteiger partial charge in [-0.05, 0) is 6.92 Å². The molecule has 2 fully saturated rings. The minimum Gasteiger partial charge on any atom is -0.336 e. The number of thiazole rings is 1. The second-order valence-corrected chi connectivity index (χ2v) is 5.66. The molecule has 3 heterocycles. The molecule has 2 saturated heterocycles. The van der Waals surface area contributed by atoms with Crippen molar-refractivity contribution < 1.29 is 4.79 Å². The first-order chi connectivity index (χ1) is 7.74. The fraction of sp³-hybridized carbons (Fsp3) is 0.636. The van der Waals surface area contributed by atoms with E-state index in [1.807, 2.05) is 11.8 Å². The third kappa shape index (κ3) is 1.64. The van der Waals surface area contributed by atoms with Gasteiger partial charge in [0.25, 0.3) is 0 Å². The van der Waals surface area contributed by atoms with Crippen LogP contribution in [0.4, 0.5) is 0 Å². The number of amides is 1. The number of carbonyl (C=O) groups is 1. The average Bonchev–Trinajstić information content (AvgIpc) is 2.90. The number of hydrogen-bond acceptors (Lipinski definition) is 4. The van der Waals surface area contributed by atoms with E-state index < -0.39 is 0 Å². The van der Waals surface area contributed by atoms with Gasteiger partial charge in [-0.1, -0.05) is 0 Å². The lowest BCUT2D eigenvalue weighted by atomic mass is 10.0. The molecule has 0 saturated carbocycles. The van der Waals surface area contributed by atoms with Crippen LogP contribution in [-0.2, 0) is 11.3 Å². The number of aryl methyl sites for hydroxylation is 1. The zero-order valence-corrected chi connectivity index (χ0v) is 10.1. The van der Waals surface area contributed by atoms with Crippen LogP contribution in [0, 0.1) is 18.8 Å². The van der Waals surface area contributed by atoms with Crippen molar-refractivity contribution >= 4 is 17.2 Å². The molecule has 0 radical (unpaired) electrons. The zero-order valence-electron chi connectivity index (χ0n) is 9.27. The van der Waals surface area contributed by atoms with Crippen molar-refractivity contribution in [3.8, 4) is 0 Å². The molecule has 2 atom stereocenters. The lowest BCUT2D eigenvalue weighted by Crippen LogP contribution is -2.30. The van der Waals surface area contributed by atoms with E-state index in [4.69, 9.17) is 0 Å². The summed E-state index contributed by atoms with van der Waals surface area (Å²) in [7, 11) is 0. The van der Waals surface area contributed by atoms with Gasteiger partial charge in [0.2, 0.25) is 5.91 Å². The molecule has 0 aromatic carbocycles. The van der Waals surface area contributed by atoms with E-state index in [9.17, 15) is 4.79 Å². The maximum atomic E-state index is 12.1. The Morgan fingerprint density at radius 2 is 2.50 bits per heavy atom. The molecule has 86 valence electrons. The number of likely N-dealkylation sites (tertiary alicyclic amines) is 1. The summed E-state index contributed by atoms with van der Waals surface area (Å²) in [6.07, 6.45) is 0. The second kappa shape index (κ2) is 3.82. The van der Waals surface area contributed by atoms with Gasteiger partial charge in [-0.25, -0.2) is 4.98 Å². The maximum Gasteiger partial charge on any atom is 0.227 e. The van der Waals surface area contributed by atoms with Crippen molar-refractivity contribution in [2.45, 2.75) is 13.5 Å². The number of aromatic nitrogens is 1. The van der Waals surface area contributed by atoms with Crippen LogP contribution in [0.2, 0.25) is 0 Å². The van der Waals surface area contributed by atoms with Crippen LogP contribution in [0.1, 0.15) is 10.7 Å². The first-order valence-electron chi connectivity index (χ1n) is 5.64. The van der Waals surface area contributed by atoms with Crippen molar-refractivity contribution in [1.29, 1.82) is 0 Å². The molecular weight excluding hydrogens is 222 g/mol. The van der Waals surface area contributed by atoms with Crippen LogP contribution in [0.5, 0.6) is 0 Å². The summed E-state index contributed by atoms with van der Waals surface area (Å²) in [6, 6.07) is 0. The summed E-state index contributed by atoms with van der Waals surface area (Å²) in [4.78, 5) is 18.4. The molecule has 1 N–H and O–H groups in total. The number of carbonyl (C=O) groups excluding carboxylic acids is 1. The van der Waals surface area contributed by atoms with Crippen LogP contribution in [0.15, 0.2) is 5.38 Å². The van der Waals surface area contributed by atoms with Crippen LogP contribution >= 0.6 is 11.3 Å². The van der Waals surface area contributed by atoms with Gasteiger partial charge in [0.15, 0.2) is 0 Å². The molecule has 1 amide bonds. The molecule has 2 unspecified atom stereocenters. The Morgan fingerprint density at radius 1 is 1.62 bits per heavy atom. The topological polar surface area (TPSA) is 45.2 Å². The van der Waals surface area contributed by atoms with Crippen molar-refractivity contribution in [3.05, 3.63) is 16.1 Å².